The zero-order chi connectivity index (χ0) is 34.8. The van der Waals surface area contributed by atoms with Gasteiger partial charge in [0.1, 0.15) is 8.42 Å². The first-order chi connectivity index (χ1) is 21.9. The summed E-state index contributed by atoms with van der Waals surface area (Å²) < 4.78 is 99.4. The first-order valence-electron chi connectivity index (χ1n) is 13.6. The van der Waals surface area contributed by atoms with E-state index in [2.05, 4.69) is 15.9 Å². The molecule has 0 aliphatic carbocycles. The number of aryl methyl sites for hydroxylation is 1. The molecular weight excluding hydrogens is 787 g/mol. The highest BCUT2D eigenvalue weighted by Gasteiger charge is 2.24. The van der Waals surface area contributed by atoms with Gasteiger partial charge in [0.2, 0.25) is 19.7 Å². The van der Waals surface area contributed by atoms with Gasteiger partial charge in [0, 0.05) is 33.3 Å². The van der Waals surface area contributed by atoms with Gasteiger partial charge in [-0.15, -0.1) is 22.7 Å². The van der Waals surface area contributed by atoms with E-state index < -0.39 is 39.3 Å². The van der Waals surface area contributed by atoms with Gasteiger partial charge in [0.05, 0.1) is 19.6 Å². The Morgan fingerprint density at radius 1 is 0.574 bits per heavy atom. The second-order valence-electron chi connectivity index (χ2n) is 10.2. The van der Waals surface area contributed by atoms with E-state index in [9.17, 15) is 33.7 Å². The van der Waals surface area contributed by atoms with Gasteiger partial charge < -0.3 is 5.73 Å². The Balaban J connectivity index is 0.000000218. The van der Waals surface area contributed by atoms with E-state index in [1.807, 2.05) is 25.1 Å². The van der Waals surface area contributed by atoms with Crippen LogP contribution in [0.2, 0.25) is 0 Å². The van der Waals surface area contributed by atoms with Crippen molar-refractivity contribution < 1.29 is 33.7 Å². The minimum Gasteiger partial charge on any atom is -0.326 e. The van der Waals surface area contributed by atoms with Crippen molar-refractivity contribution in [3.8, 4) is 11.1 Å². The lowest BCUT2D eigenvalue weighted by Gasteiger charge is -2.09. The highest BCUT2D eigenvalue weighted by molar-refractivity contribution is 9.10. The molecule has 2 heterocycles. The second-order valence-corrected chi connectivity index (χ2v) is 21.9. The van der Waals surface area contributed by atoms with Crippen LogP contribution in [0.1, 0.15) is 16.7 Å². The first-order valence-corrected chi connectivity index (χ1v) is 22.8. The molecule has 5 aromatic rings. The second kappa shape index (κ2) is 14.4. The van der Waals surface area contributed by atoms with E-state index in [-0.39, 0.29) is 34.5 Å². The lowest BCUT2D eigenvalue weighted by molar-refractivity contribution is 0.594. The van der Waals surface area contributed by atoms with Crippen LogP contribution in [0.25, 0.3) is 11.1 Å². The maximum atomic E-state index is 13.0. The molecule has 0 spiro atoms. The Hall–Kier alpha value is -2.70. The number of hydrogen-bond donors (Lipinski definition) is 1. The van der Waals surface area contributed by atoms with Crippen molar-refractivity contribution in [2.45, 2.75) is 47.9 Å². The Morgan fingerprint density at radius 3 is 1.49 bits per heavy atom. The third-order valence-electron chi connectivity index (χ3n) is 6.66. The third-order valence-corrected chi connectivity index (χ3v) is 16.1. The number of sulfone groups is 4. The molecule has 2 aromatic heterocycles. The van der Waals surface area contributed by atoms with Gasteiger partial charge in [0.25, 0.3) is 0 Å². The quantitative estimate of drug-likeness (QED) is 0.177. The highest BCUT2D eigenvalue weighted by Crippen LogP contribution is 2.33. The summed E-state index contributed by atoms with van der Waals surface area (Å²) in [6, 6.07) is 23.7. The van der Waals surface area contributed by atoms with Gasteiger partial charge in [-0.05, 0) is 78.2 Å². The maximum Gasteiger partial charge on any atom is 0.216 e. The first kappa shape index (κ1) is 37.1. The summed E-state index contributed by atoms with van der Waals surface area (Å²) in [6.07, 6.45) is 2.87. The third kappa shape index (κ3) is 8.86. The lowest BCUT2D eigenvalue weighted by atomic mass is 10.1. The number of nitrogens with two attached hydrogens (primary N) is 1. The fourth-order valence-electron chi connectivity index (χ4n) is 4.18. The molecule has 0 radical (unpaired) electrons. The normalized spacial score (nSPS) is 12.4. The van der Waals surface area contributed by atoms with E-state index in [1.165, 1.54) is 53.8 Å². The molecule has 0 amide bonds. The van der Waals surface area contributed by atoms with Crippen LogP contribution in [0.15, 0.2) is 123 Å². The highest BCUT2D eigenvalue weighted by atomic mass is 79.9. The van der Waals surface area contributed by atoms with Crippen LogP contribution in [0.3, 0.4) is 0 Å². The molecule has 0 saturated carbocycles. The molecule has 5 rings (SSSR count). The van der Waals surface area contributed by atoms with Gasteiger partial charge >= 0.3 is 0 Å². The van der Waals surface area contributed by atoms with Crippen LogP contribution >= 0.6 is 38.6 Å². The Kier molecular flexibility index (Phi) is 11.4. The summed E-state index contributed by atoms with van der Waals surface area (Å²) in [5.41, 5.74) is 6.83. The standard InChI is InChI=1S/C18H17NO4S3.C13H13BrO4S3/c1-25(20,21)16-9-14(13-5-3-2-4-6-13)10-17(11-16)26(22,23)18-8-7-15(12-19)24-18;1-3-10-4-5-13(19-10)21(17,18)12-7-9(14)6-11(8-12)20(2,15)16/h2-11H,12,19H2,1H3;4-8H,3H2,1-2H3. The van der Waals surface area contributed by atoms with E-state index in [4.69, 9.17) is 5.73 Å². The van der Waals surface area contributed by atoms with Crippen LogP contribution in [0.5, 0.6) is 0 Å². The molecule has 0 bridgehead atoms. The van der Waals surface area contributed by atoms with E-state index in [1.54, 1.807) is 30.3 Å². The number of thiophene rings is 2. The Morgan fingerprint density at radius 2 is 1.02 bits per heavy atom. The molecule has 0 fully saturated rings. The summed E-state index contributed by atoms with van der Waals surface area (Å²) in [5, 5.41) is 0. The van der Waals surface area contributed by atoms with Gasteiger partial charge in [-0.1, -0.05) is 53.2 Å². The number of rotatable bonds is 9. The van der Waals surface area contributed by atoms with E-state index in [0.29, 0.717) is 10.0 Å². The van der Waals surface area contributed by atoms with Gasteiger partial charge in [-0.25, -0.2) is 33.7 Å². The van der Waals surface area contributed by atoms with Crippen molar-refractivity contribution in [2.24, 2.45) is 5.73 Å². The largest absolute Gasteiger partial charge is 0.326 e. The molecule has 9 nitrogen and oxygen atoms in total. The zero-order valence-corrected chi connectivity index (χ0v) is 31.7. The number of halogens is 1. The van der Waals surface area contributed by atoms with Crippen LogP contribution in [0, 0.1) is 0 Å². The minimum atomic E-state index is -3.84. The summed E-state index contributed by atoms with van der Waals surface area (Å²) in [6.45, 7) is 2.20. The number of hydrogen-bond acceptors (Lipinski definition) is 11. The average Bonchev–Trinajstić information content (AvgIpc) is 3.72. The Labute approximate surface area is 291 Å². The zero-order valence-electron chi connectivity index (χ0n) is 25.2. The van der Waals surface area contributed by atoms with Crippen molar-refractivity contribution in [1.82, 2.24) is 0 Å². The van der Waals surface area contributed by atoms with Crippen molar-refractivity contribution in [2.75, 3.05) is 12.5 Å². The fourth-order valence-corrected chi connectivity index (χ4v) is 12.0. The molecule has 2 N–H and O–H groups in total. The SMILES string of the molecule is CCc1ccc(S(=O)(=O)c2cc(Br)cc(S(C)(=O)=O)c2)s1.CS(=O)(=O)c1cc(-c2ccccc2)cc(S(=O)(=O)c2ccc(CN)s2)c1. The molecular formula is C31H30BrNO8S6. The number of benzene rings is 3. The average molecular weight is 817 g/mol. The molecule has 0 aliphatic heterocycles. The fraction of sp³-hybridized carbons (Fsp3) is 0.161. The summed E-state index contributed by atoms with van der Waals surface area (Å²) in [7, 11) is -14.6. The topological polar surface area (TPSA) is 163 Å². The summed E-state index contributed by atoms with van der Waals surface area (Å²) in [5.74, 6) is 0. The molecule has 0 saturated heterocycles. The van der Waals surface area contributed by atoms with Crippen molar-refractivity contribution in [1.29, 1.82) is 0 Å². The van der Waals surface area contributed by atoms with Gasteiger partial charge in [-0.3, -0.25) is 0 Å². The van der Waals surface area contributed by atoms with Gasteiger partial charge in [-0.2, -0.15) is 0 Å². The smallest absolute Gasteiger partial charge is 0.216 e. The van der Waals surface area contributed by atoms with Gasteiger partial charge in [0.15, 0.2) is 19.7 Å². The lowest BCUT2D eigenvalue weighted by Crippen LogP contribution is -2.04. The molecule has 0 atom stereocenters. The van der Waals surface area contributed by atoms with Crippen LogP contribution in [-0.4, -0.2) is 46.2 Å². The predicted octanol–water partition coefficient (Wildman–Crippen LogP) is 6.42. The molecule has 250 valence electrons. The monoisotopic (exact) mass is 815 g/mol. The van der Waals surface area contributed by atoms with Crippen molar-refractivity contribution >= 4 is 78.0 Å². The Bertz CT molecular complexity index is 2360. The molecule has 0 aliphatic rings. The maximum absolute atomic E-state index is 13.0. The van der Waals surface area contributed by atoms with Crippen molar-refractivity contribution in [3.05, 3.63) is 105 Å². The van der Waals surface area contributed by atoms with E-state index in [0.717, 1.165) is 45.6 Å². The predicted molar refractivity (Wildman–Crippen MR) is 189 cm³/mol. The summed E-state index contributed by atoms with van der Waals surface area (Å²) in [4.78, 5) is 1.57. The van der Waals surface area contributed by atoms with E-state index >= 15 is 0 Å². The van der Waals surface area contributed by atoms with Crippen molar-refractivity contribution in [3.63, 3.8) is 0 Å². The van der Waals surface area contributed by atoms with Crippen LogP contribution in [0.4, 0.5) is 0 Å². The minimum absolute atomic E-state index is 0.0253. The summed E-state index contributed by atoms with van der Waals surface area (Å²) >= 11 is 5.45. The molecule has 16 heteroatoms. The van der Waals surface area contributed by atoms with Crippen LogP contribution < -0.4 is 5.73 Å². The van der Waals surface area contributed by atoms with Crippen LogP contribution in [-0.2, 0) is 52.3 Å². The molecule has 47 heavy (non-hydrogen) atoms. The molecule has 3 aromatic carbocycles. The molecule has 0 unspecified atom stereocenters.